The Kier molecular flexibility index (Phi) is 5.80. The summed E-state index contributed by atoms with van der Waals surface area (Å²) in [5.74, 6) is 0. The molecule has 1 fully saturated rings. The molecule has 2 heterocycles. The van der Waals surface area contributed by atoms with Gasteiger partial charge in [-0.25, -0.2) is 0 Å². The van der Waals surface area contributed by atoms with Gasteiger partial charge in [0.2, 0.25) is 0 Å². The Hall–Kier alpha value is -0.930. The normalized spacial score (nSPS) is 21.3. The van der Waals surface area contributed by atoms with E-state index >= 15 is 0 Å². The Morgan fingerprint density at radius 1 is 1.42 bits per heavy atom. The van der Waals surface area contributed by atoms with Gasteiger partial charge in [0.15, 0.2) is 0 Å². The summed E-state index contributed by atoms with van der Waals surface area (Å²) in [7, 11) is 0. The molecule has 0 bridgehead atoms. The second kappa shape index (κ2) is 7.61. The van der Waals surface area contributed by atoms with Crippen LogP contribution in [0, 0.1) is 0 Å². The number of aromatic nitrogens is 1. The predicted octanol–water partition coefficient (Wildman–Crippen LogP) is 2.90. The highest BCUT2D eigenvalue weighted by atomic mass is 16.5. The van der Waals surface area contributed by atoms with Crippen molar-refractivity contribution in [2.75, 3.05) is 6.61 Å². The van der Waals surface area contributed by atoms with Crippen molar-refractivity contribution in [2.45, 2.75) is 64.1 Å². The van der Waals surface area contributed by atoms with Gasteiger partial charge >= 0.3 is 0 Å². The molecule has 2 atom stereocenters. The fourth-order valence-corrected chi connectivity index (χ4v) is 2.54. The van der Waals surface area contributed by atoms with Gasteiger partial charge in [-0.3, -0.25) is 4.98 Å². The van der Waals surface area contributed by atoms with Crippen molar-refractivity contribution in [1.29, 1.82) is 0 Å². The second-order valence-corrected chi connectivity index (χ2v) is 5.44. The van der Waals surface area contributed by atoms with Crippen LogP contribution < -0.4 is 0 Å². The summed E-state index contributed by atoms with van der Waals surface area (Å²) in [6, 6.07) is 4.12. The molecule has 0 aromatic carbocycles. The fraction of sp³-hybridized carbons (Fsp3) is 0.688. The zero-order valence-electron chi connectivity index (χ0n) is 11.8. The van der Waals surface area contributed by atoms with Gasteiger partial charge in [-0.1, -0.05) is 13.0 Å². The molecule has 3 heteroatoms. The zero-order valence-corrected chi connectivity index (χ0v) is 11.8. The maximum atomic E-state index is 10.1. The van der Waals surface area contributed by atoms with E-state index in [4.69, 9.17) is 4.74 Å². The molecular formula is C16H25NO2. The van der Waals surface area contributed by atoms with Crippen LogP contribution in [0.1, 0.15) is 50.3 Å². The Labute approximate surface area is 116 Å². The fourth-order valence-electron chi connectivity index (χ4n) is 2.54. The standard InChI is InChI=1S/C16H25NO2/c1-2-13-6-7-14(17-12-13)11-15(18)8-9-16-5-3-4-10-19-16/h6-7,12,15-16,18H,2-5,8-11H2,1H3. The number of nitrogens with zero attached hydrogens (tertiary/aromatic N) is 1. The molecule has 106 valence electrons. The molecule has 1 saturated heterocycles. The first-order valence-corrected chi connectivity index (χ1v) is 7.51. The minimum Gasteiger partial charge on any atom is -0.393 e. The van der Waals surface area contributed by atoms with E-state index in [0.29, 0.717) is 12.5 Å². The Balaban J connectivity index is 1.71. The molecule has 1 N–H and O–H groups in total. The van der Waals surface area contributed by atoms with Crippen molar-refractivity contribution >= 4 is 0 Å². The maximum absolute atomic E-state index is 10.1. The predicted molar refractivity (Wildman–Crippen MR) is 76.2 cm³/mol. The lowest BCUT2D eigenvalue weighted by Crippen LogP contribution is -2.22. The van der Waals surface area contributed by atoms with Gasteiger partial charge in [-0.05, 0) is 50.2 Å². The highest BCUT2D eigenvalue weighted by Gasteiger charge is 2.16. The van der Waals surface area contributed by atoms with Crippen LogP contribution in [-0.4, -0.2) is 28.9 Å². The average molecular weight is 263 g/mol. The third-order valence-corrected chi connectivity index (χ3v) is 3.83. The summed E-state index contributed by atoms with van der Waals surface area (Å²) >= 11 is 0. The van der Waals surface area contributed by atoms with Crippen LogP contribution in [0.3, 0.4) is 0 Å². The number of hydrogen-bond donors (Lipinski definition) is 1. The summed E-state index contributed by atoms with van der Waals surface area (Å²) in [4.78, 5) is 4.39. The van der Waals surface area contributed by atoms with E-state index < -0.39 is 0 Å². The monoisotopic (exact) mass is 263 g/mol. The molecule has 3 nitrogen and oxygen atoms in total. The van der Waals surface area contributed by atoms with E-state index in [1.165, 1.54) is 18.4 Å². The molecule has 0 aliphatic carbocycles. The van der Waals surface area contributed by atoms with Crippen molar-refractivity contribution in [1.82, 2.24) is 4.98 Å². The van der Waals surface area contributed by atoms with Gasteiger partial charge in [0, 0.05) is 24.9 Å². The number of pyridine rings is 1. The Bertz CT molecular complexity index is 358. The second-order valence-electron chi connectivity index (χ2n) is 5.44. The smallest absolute Gasteiger partial charge is 0.0596 e. The largest absolute Gasteiger partial charge is 0.393 e. The third-order valence-electron chi connectivity index (χ3n) is 3.83. The minimum absolute atomic E-state index is 0.300. The van der Waals surface area contributed by atoms with Gasteiger partial charge < -0.3 is 9.84 Å². The van der Waals surface area contributed by atoms with Crippen LogP contribution in [0.25, 0.3) is 0 Å². The molecule has 0 amide bonds. The lowest BCUT2D eigenvalue weighted by molar-refractivity contribution is 0.00228. The third kappa shape index (κ3) is 4.92. The number of aryl methyl sites for hydroxylation is 1. The highest BCUT2D eigenvalue weighted by molar-refractivity contribution is 5.14. The lowest BCUT2D eigenvalue weighted by atomic mass is 10.0. The van der Waals surface area contributed by atoms with Crippen molar-refractivity contribution in [3.05, 3.63) is 29.6 Å². The van der Waals surface area contributed by atoms with E-state index in [2.05, 4.69) is 18.0 Å². The number of ether oxygens (including phenoxy) is 1. The highest BCUT2D eigenvalue weighted by Crippen LogP contribution is 2.18. The number of rotatable bonds is 6. The maximum Gasteiger partial charge on any atom is 0.0596 e. The van der Waals surface area contributed by atoms with Crippen LogP contribution in [-0.2, 0) is 17.6 Å². The summed E-state index contributed by atoms with van der Waals surface area (Å²) < 4.78 is 5.68. The van der Waals surface area contributed by atoms with Crippen LogP contribution in [0.15, 0.2) is 18.3 Å². The van der Waals surface area contributed by atoms with Crippen LogP contribution in [0.5, 0.6) is 0 Å². The molecule has 2 rings (SSSR count). The summed E-state index contributed by atoms with van der Waals surface area (Å²) in [6.07, 6.45) is 9.00. The van der Waals surface area contributed by atoms with Crippen LogP contribution in [0.2, 0.25) is 0 Å². The molecule has 2 unspecified atom stereocenters. The lowest BCUT2D eigenvalue weighted by Gasteiger charge is -2.23. The Morgan fingerprint density at radius 2 is 2.32 bits per heavy atom. The first kappa shape index (κ1) is 14.5. The average Bonchev–Trinajstić information content (AvgIpc) is 2.47. The van der Waals surface area contributed by atoms with Gasteiger partial charge in [0.25, 0.3) is 0 Å². The first-order valence-electron chi connectivity index (χ1n) is 7.51. The number of aliphatic hydroxyl groups excluding tert-OH is 1. The molecule has 1 aromatic rings. The summed E-state index contributed by atoms with van der Waals surface area (Å²) in [5, 5.41) is 10.1. The molecule has 19 heavy (non-hydrogen) atoms. The number of hydrogen-bond acceptors (Lipinski definition) is 3. The quantitative estimate of drug-likeness (QED) is 0.858. The van der Waals surface area contributed by atoms with Crippen molar-refractivity contribution in [3.8, 4) is 0 Å². The minimum atomic E-state index is -0.300. The summed E-state index contributed by atoms with van der Waals surface area (Å²) in [5.41, 5.74) is 2.23. The molecule has 1 aliphatic rings. The van der Waals surface area contributed by atoms with E-state index in [1.807, 2.05) is 12.3 Å². The molecule has 0 spiro atoms. The summed E-state index contributed by atoms with van der Waals surface area (Å²) in [6.45, 7) is 3.01. The number of aliphatic hydroxyl groups is 1. The molecule has 0 radical (unpaired) electrons. The van der Waals surface area contributed by atoms with E-state index in [-0.39, 0.29) is 6.10 Å². The molecule has 0 saturated carbocycles. The zero-order chi connectivity index (χ0) is 13.5. The van der Waals surface area contributed by atoms with Gasteiger partial charge in [-0.15, -0.1) is 0 Å². The van der Waals surface area contributed by atoms with Crippen LogP contribution >= 0.6 is 0 Å². The molecule has 1 aliphatic heterocycles. The topological polar surface area (TPSA) is 42.4 Å². The van der Waals surface area contributed by atoms with Crippen molar-refractivity contribution in [3.63, 3.8) is 0 Å². The van der Waals surface area contributed by atoms with E-state index in [9.17, 15) is 5.11 Å². The van der Waals surface area contributed by atoms with Gasteiger partial charge in [0.05, 0.1) is 12.2 Å². The van der Waals surface area contributed by atoms with Crippen molar-refractivity contribution < 1.29 is 9.84 Å². The SMILES string of the molecule is CCc1ccc(CC(O)CCC2CCCCO2)nc1. The van der Waals surface area contributed by atoms with Gasteiger partial charge in [0.1, 0.15) is 0 Å². The molecular weight excluding hydrogens is 238 g/mol. The van der Waals surface area contributed by atoms with Crippen molar-refractivity contribution in [2.24, 2.45) is 0 Å². The van der Waals surface area contributed by atoms with Crippen LogP contribution in [0.4, 0.5) is 0 Å². The van der Waals surface area contributed by atoms with Gasteiger partial charge in [-0.2, -0.15) is 0 Å². The Morgan fingerprint density at radius 3 is 2.95 bits per heavy atom. The first-order chi connectivity index (χ1) is 9.28. The van der Waals surface area contributed by atoms with E-state index in [0.717, 1.165) is 38.0 Å². The molecule has 1 aromatic heterocycles. The van der Waals surface area contributed by atoms with E-state index in [1.54, 1.807) is 0 Å².